The fourth-order valence-electron chi connectivity index (χ4n) is 2.18. The lowest BCUT2D eigenvalue weighted by molar-refractivity contribution is -0.385. The molecule has 0 amide bonds. The maximum atomic E-state index is 10.6. The van der Waals surface area contributed by atoms with Crippen LogP contribution in [0.15, 0.2) is 24.3 Å². The SMILES string of the molecule is C[C@H]1O[C@@](O)(c2ccc([N+](=O)[O-])cc2)[C@H](O)[C@@H](O)[C@H]1O. The van der Waals surface area contributed by atoms with Crippen molar-refractivity contribution in [2.45, 2.75) is 37.1 Å². The molecule has 110 valence electrons. The Hall–Kier alpha value is -1.58. The van der Waals surface area contributed by atoms with Crippen LogP contribution in [0.5, 0.6) is 0 Å². The topological polar surface area (TPSA) is 133 Å². The molecule has 1 saturated heterocycles. The Kier molecular flexibility index (Phi) is 3.76. The number of benzene rings is 1. The first-order valence-electron chi connectivity index (χ1n) is 5.96. The third kappa shape index (κ3) is 2.28. The molecule has 1 aliphatic rings. The van der Waals surface area contributed by atoms with Crippen molar-refractivity contribution in [2.24, 2.45) is 0 Å². The van der Waals surface area contributed by atoms with Gasteiger partial charge in [-0.25, -0.2) is 0 Å². The van der Waals surface area contributed by atoms with Gasteiger partial charge in [0.05, 0.1) is 11.0 Å². The Morgan fingerprint density at radius 3 is 2.25 bits per heavy atom. The summed E-state index contributed by atoms with van der Waals surface area (Å²) in [5.74, 6) is -2.24. The molecular weight excluding hydrogens is 270 g/mol. The highest BCUT2D eigenvalue weighted by Crippen LogP contribution is 2.36. The van der Waals surface area contributed by atoms with E-state index in [4.69, 9.17) is 4.74 Å². The van der Waals surface area contributed by atoms with Gasteiger partial charge in [0.1, 0.15) is 18.3 Å². The van der Waals surface area contributed by atoms with Gasteiger partial charge in [-0.05, 0) is 19.1 Å². The summed E-state index contributed by atoms with van der Waals surface area (Å²) < 4.78 is 5.18. The quantitative estimate of drug-likeness (QED) is 0.414. The van der Waals surface area contributed by atoms with Crippen molar-refractivity contribution >= 4 is 5.69 Å². The van der Waals surface area contributed by atoms with Crippen molar-refractivity contribution in [2.75, 3.05) is 0 Å². The lowest BCUT2D eigenvalue weighted by Gasteiger charge is -2.45. The van der Waals surface area contributed by atoms with Crippen molar-refractivity contribution in [1.82, 2.24) is 0 Å². The molecule has 8 heteroatoms. The van der Waals surface area contributed by atoms with Gasteiger partial charge in [0.15, 0.2) is 0 Å². The Balaban J connectivity index is 2.36. The van der Waals surface area contributed by atoms with Crippen molar-refractivity contribution in [1.29, 1.82) is 0 Å². The number of rotatable bonds is 2. The summed E-state index contributed by atoms with van der Waals surface area (Å²) in [5.41, 5.74) is -0.135. The maximum Gasteiger partial charge on any atom is 0.269 e. The number of aliphatic hydroxyl groups is 4. The minimum atomic E-state index is -2.24. The second-order valence-corrected chi connectivity index (χ2v) is 4.75. The van der Waals surface area contributed by atoms with Crippen molar-refractivity contribution in [3.63, 3.8) is 0 Å². The van der Waals surface area contributed by atoms with Gasteiger partial charge >= 0.3 is 0 Å². The Morgan fingerprint density at radius 1 is 1.20 bits per heavy atom. The van der Waals surface area contributed by atoms with Crippen molar-refractivity contribution in [3.8, 4) is 0 Å². The van der Waals surface area contributed by atoms with E-state index < -0.39 is 35.1 Å². The summed E-state index contributed by atoms with van der Waals surface area (Å²) in [7, 11) is 0. The van der Waals surface area contributed by atoms with Gasteiger partial charge in [0.2, 0.25) is 5.79 Å². The van der Waals surface area contributed by atoms with E-state index in [1.54, 1.807) is 0 Å². The molecule has 0 radical (unpaired) electrons. The van der Waals surface area contributed by atoms with Crippen LogP contribution in [0.25, 0.3) is 0 Å². The molecule has 1 heterocycles. The van der Waals surface area contributed by atoms with Gasteiger partial charge in [-0.15, -0.1) is 0 Å². The zero-order chi connectivity index (χ0) is 15.1. The standard InChI is InChI=1S/C12H15NO7/c1-6-9(14)10(15)11(16)12(17,20-6)7-2-4-8(5-3-7)13(18)19/h2-6,9-11,14-17H,1H3/t6-,9+,10+,11-,12+/m1/s1. The molecule has 1 aromatic rings. The fourth-order valence-corrected chi connectivity index (χ4v) is 2.18. The molecule has 0 spiro atoms. The van der Waals surface area contributed by atoms with E-state index in [0.717, 1.165) is 12.1 Å². The predicted molar refractivity (Wildman–Crippen MR) is 65.6 cm³/mol. The number of nitro benzene ring substituents is 1. The van der Waals surface area contributed by atoms with Gasteiger partial charge in [-0.2, -0.15) is 0 Å². The van der Waals surface area contributed by atoms with E-state index in [1.807, 2.05) is 0 Å². The van der Waals surface area contributed by atoms with Crippen LogP contribution in [0.2, 0.25) is 0 Å². The smallest absolute Gasteiger partial charge is 0.269 e. The van der Waals surface area contributed by atoms with Gasteiger partial charge in [0.25, 0.3) is 5.69 Å². The molecular formula is C12H15NO7. The van der Waals surface area contributed by atoms with E-state index in [9.17, 15) is 30.5 Å². The Bertz CT molecular complexity index is 505. The lowest BCUT2D eigenvalue weighted by atomic mass is 9.88. The predicted octanol–water partition coefficient (Wildman–Crippen LogP) is -0.759. The first-order chi connectivity index (χ1) is 9.27. The Labute approximate surface area is 114 Å². The van der Waals surface area contributed by atoms with Crippen molar-refractivity contribution < 1.29 is 30.1 Å². The van der Waals surface area contributed by atoms with Gasteiger partial charge in [0, 0.05) is 17.7 Å². The summed E-state index contributed by atoms with van der Waals surface area (Å²) in [6, 6.07) is 4.73. The molecule has 0 bridgehead atoms. The first kappa shape index (κ1) is 14.8. The molecule has 0 unspecified atom stereocenters. The van der Waals surface area contributed by atoms with Crippen LogP contribution in [-0.4, -0.2) is 49.8 Å². The average Bonchev–Trinajstić information content (AvgIpc) is 2.43. The highest BCUT2D eigenvalue weighted by molar-refractivity contribution is 5.35. The number of nitrogens with zero attached hydrogens (tertiary/aromatic N) is 1. The van der Waals surface area contributed by atoms with E-state index >= 15 is 0 Å². The molecule has 0 aromatic heterocycles. The Morgan fingerprint density at radius 2 is 1.75 bits per heavy atom. The monoisotopic (exact) mass is 285 g/mol. The highest BCUT2D eigenvalue weighted by atomic mass is 16.7. The van der Waals surface area contributed by atoms with Crippen LogP contribution in [0.4, 0.5) is 5.69 Å². The van der Waals surface area contributed by atoms with Gasteiger partial charge in [-0.3, -0.25) is 10.1 Å². The summed E-state index contributed by atoms with van der Waals surface area (Å²) in [4.78, 5) is 9.97. The minimum absolute atomic E-state index is 0.0494. The molecule has 1 fully saturated rings. The molecule has 1 aliphatic heterocycles. The summed E-state index contributed by atoms with van der Waals surface area (Å²) >= 11 is 0. The second kappa shape index (κ2) is 5.08. The van der Waals surface area contributed by atoms with Crippen LogP contribution in [0.3, 0.4) is 0 Å². The summed E-state index contributed by atoms with van der Waals surface area (Å²) in [5, 5.41) is 50.1. The maximum absolute atomic E-state index is 10.6. The number of non-ortho nitro benzene ring substituents is 1. The molecule has 0 saturated carbocycles. The summed E-state index contributed by atoms with van der Waals surface area (Å²) in [6.07, 6.45) is -5.65. The van der Waals surface area contributed by atoms with Gasteiger partial charge < -0.3 is 25.2 Å². The number of nitro groups is 1. The largest absolute Gasteiger partial charge is 0.388 e. The third-order valence-electron chi connectivity index (χ3n) is 3.41. The first-order valence-corrected chi connectivity index (χ1v) is 5.96. The fraction of sp³-hybridized carbons (Fsp3) is 0.500. The molecule has 1 aromatic carbocycles. The van der Waals surface area contributed by atoms with Gasteiger partial charge in [-0.1, -0.05) is 0 Å². The number of ether oxygens (including phenoxy) is 1. The number of aliphatic hydroxyl groups excluding tert-OH is 3. The second-order valence-electron chi connectivity index (χ2n) is 4.75. The zero-order valence-electron chi connectivity index (χ0n) is 10.6. The molecule has 0 aliphatic carbocycles. The van der Waals surface area contributed by atoms with E-state index in [0.29, 0.717) is 0 Å². The number of hydrogen-bond acceptors (Lipinski definition) is 7. The van der Waals surface area contributed by atoms with E-state index in [1.165, 1.54) is 19.1 Å². The van der Waals surface area contributed by atoms with Crippen LogP contribution in [0, 0.1) is 10.1 Å². The number of hydrogen-bond donors (Lipinski definition) is 4. The van der Waals surface area contributed by atoms with Crippen molar-refractivity contribution in [3.05, 3.63) is 39.9 Å². The highest BCUT2D eigenvalue weighted by Gasteiger charge is 2.52. The van der Waals surface area contributed by atoms with E-state index in [2.05, 4.69) is 0 Å². The lowest BCUT2D eigenvalue weighted by Crippen LogP contribution is -2.62. The van der Waals surface area contributed by atoms with Crippen LogP contribution >= 0.6 is 0 Å². The molecule has 4 N–H and O–H groups in total. The molecule has 2 rings (SSSR count). The molecule has 5 atom stereocenters. The minimum Gasteiger partial charge on any atom is -0.388 e. The zero-order valence-corrected chi connectivity index (χ0v) is 10.6. The van der Waals surface area contributed by atoms with Crippen LogP contribution in [0.1, 0.15) is 12.5 Å². The third-order valence-corrected chi connectivity index (χ3v) is 3.41. The average molecular weight is 285 g/mol. The molecule has 8 nitrogen and oxygen atoms in total. The normalized spacial score (nSPS) is 37.6. The van der Waals surface area contributed by atoms with E-state index in [-0.39, 0.29) is 11.3 Å². The van der Waals surface area contributed by atoms with Crippen LogP contribution < -0.4 is 0 Å². The summed E-state index contributed by atoms with van der Waals surface area (Å²) in [6.45, 7) is 1.43. The van der Waals surface area contributed by atoms with Crippen LogP contribution in [-0.2, 0) is 10.5 Å². The molecule has 20 heavy (non-hydrogen) atoms.